The number of benzene rings is 1. The molecule has 2 atom stereocenters. The lowest BCUT2D eigenvalue weighted by Crippen LogP contribution is -2.20. The maximum atomic E-state index is 11.3. The highest BCUT2D eigenvalue weighted by atomic mass is 16.3. The van der Waals surface area contributed by atoms with E-state index >= 15 is 0 Å². The van der Waals surface area contributed by atoms with Crippen LogP contribution in [-0.2, 0) is 4.79 Å². The lowest BCUT2D eigenvalue weighted by Gasteiger charge is -2.00. The van der Waals surface area contributed by atoms with E-state index in [1.807, 2.05) is 26.0 Å². The molecule has 0 bridgehead atoms. The number of aromatic hydroxyl groups is 1. The molecule has 0 saturated heterocycles. The van der Waals surface area contributed by atoms with Crippen LogP contribution in [0.2, 0.25) is 0 Å². The van der Waals surface area contributed by atoms with Crippen molar-refractivity contribution in [3.8, 4) is 5.75 Å². The monoisotopic (exact) mass is 221 g/mol. The zero-order valence-corrected chi connectivity index (χ0v) is 10.0. The van der Waals surface area contributed by atoms with E-state index < -0.39 is 0 Å². The van der Waals surface area contributed by atoms with Gasteiger partial charge in [-0.05, 0) is 30.0 Å². The first-order chi connectivity index (χ1) is 7.72. The molecule has 88 valence electrons. The molecular formula is C13H19NO2. The molecule has 1 aromatic carbocycles. The molecule has 2 N–H and O–H groups in total. The van der Waals surface area contributed by atoms with Crippen LogP contribution in [-0.4, -0.2) is 18.1 Å². The average molecular weight is 221 g/mol. The molecule has 0 heterocycles. The number of rotatable bonds is 2. The van der Waals surface area contributed by atoms with E-state index in [0.717, 1.165) is 12.0 Å². The molecule has 0 radical (unpaired) electrons. The van der Waals surface area contributed by atoms with Gasteiger partial charge in [0.2, 0.25) is 5.91 Å². The van der Waals surface area contributed by atoms with Crippen molar-refractivity contribution in [2.24, 2.45) is 5.92 Å². The van der Waals surface area contributed by atoms with E-state index in [1.54, 1.807) is 19.2 Å². The Hall–Kier alpha value is -1.51. The lowest BCUT2D eigenvalue weighted by atomic mass is 10.1. The van der Waals surface area contributed by atoms with Gasteiger partial charge in [-0.3, -0.25) is 4.79 Å². The number of carbonyl (C=O) groups is 1. The molecular weight excluding hydrogens is 202 g/mol. The molecule has 3 heteroatoms. The number of phenols is 1. The highest BCUT2D eigenvalue weighted by Crippen LogP contribution is 2.47. The Morgan fingerprint density at radius 3 is 2.38 bits per heavy atom. The number of hydrogen-bond acceptors (Lipinski definition) is 2. The van der Waals surface area contributed by atoms with Crippen molar-refractivity contribution in [2.75, 3.05) is 7.05 Å². The molecule has 1 saturated carbocycles. The number of phenolic OH excluding ortho intramolecular Hbond substituents is 1. The third-order valence-corrected chi connectivity index (χ3v) is 2.69. The fraction of sp³-hybridized carbons (Fsp3) is 0.462. The van der Waals surface area contributed by atoms with E-state index in [0.29, 0.717) is 5.92 Å². The van der Waals surface area contributed by atoms with Gasteiger partial charge in [-0.25, -0.2) is 0 Å². The summed E-state index contributed by atoms with van der Waals surface area (Å²) < 4.78 is 0. The van der Waals surface area contributed by atoms with Crippen LogP contribution in [0.3, 0.4) is 0 Å². The highest BCUT2D eigenvalue weighted by molar-refractivity contribution is 5.82. The number of carbonyl (C=O) groups excluding carboxylic acids is 1. The molecule has 2 rings (SSSR count). The van der Waals surface area contributed by atoms with Crippen molar-refractivity contribution < 1.29 is 9.90 Å². The largest absolute Gasteiger partial charge is 0.508 e. The third-order valence-electron chi connectivity index (χ3n) is 2.69. The summed E-state index contributed by atoms with van der Waals surface area (Å²) in [6.45, 7) is 4.00. The van der Waals surface area contributed by atoms with Gasteiger partial charge in [0.05, 0.1) is 0 Å². The van der Waals surface area contributed by atoms with E-state index in [-0.39, 0.29) is 17.6 Å². The SMILES string of the molecule is CC.CNC(=O)C1CC1c1ccc(O)cc1. The first-order valence-electron chi connectivity index (χ1n) is 5.73. The van der Waals surface area contributed by atoms with E-state index in [1.165, 1.54) is 0 Å². The van der Waals surface area contributed by atoms with Gasteiger partial charge < -0.3 is 10.4 Å². The van der Waals surface area contributed by atoms with Crippen LogP contribution in [0.4, 0.5) is 0 Å². The Morgan fingerprint density at radius 1 is 1.31 bits per heavy atom. The van der Waals surface area contributed by atoms with Crippen molar-refractivity contribution in [1.29, 1.82) is 0 Å². The minimum atomic E-state index is 0.114. The van der Waals surface area contributed by atoms with Gasteiger partial charge >= 0.3 is 0 Å². The van der Waals surface area contributed by atoms with Gasteiger partial charge in [-0.15, -0.1) is 0 Å². The van der Waals surface area contributed by atoms with E-state index in [4.69, 9.17) is 5.11 Å². The minimum absolute atomic E-state index is 0.114. The van der Waals surface area contributed by atoms with Gasteiger partial charge in [0, 0.05) is 13.0 Å². The molecule has 0 aliphatic heterocycles. The van der Waals surface area contributed by atoms with Crippen LogP contribution in [0, 0.1) is 5.92 Å². The Kier molecular flexibility index (Phi) is 4.35. The maximum Gasteiger partial charge on any atom is 0.223 e. The van der Waals surface area contributed by atoms with Crippen molar-refractivity contribution in [3.05, 3.63) is 29.8 Å². The van der Waals surface area contributed by atoms with Crippen molar-refractivity contribution in [1.82, 2.24) is 5.32 Å². The highest BCUT2D eigenvalue weighted by Gasteiger charge is 2.43. The number of hydrogen-bond donors (Lipinski definition) is 2. The fourth-order valence-corrected chi connectivity index (χ4v) is 1.76. The normalized spacial score (nSPS) is 21.7. The molecule has 3 nitrogen and oxygen atoms in total. The molecule has 0 aromatic heterocycles. The first kappa shape index (κ1) is 12.6. The third kappa shape index (κ3) is 2.75. The second-order valence-electron chi connectivity index (χ2n) is 3.65. The summed E-state index contributed by atoms with van der Waals surface area (Å²) in [6, 6.07) is 7.08. The van der Waals surface area contributed by atoms with Crippen LogP contribution < -0.4 is 5.32 Å². The van der Waals surface area contributed by atoms with Crippen molar-refractivity contribution in [3.63, 3.8) is 0 Å². The molecule has 16 heavy (non-hydrogen) atoms. The number of amides is 1. The number of nitrogens with one attached hydrogen (secondary N) is 1. The van der Waals surface area contributed by atoms with Crippen LogP contribution in [0.1, 0.15) is 31.7 Å². The molecule has 1 aliphatic rings. The minimum Gasteiger partial charge on any atom is -0.508 e. The zero-order valence-electron chi connectivity index (χ0n) is 10.0. The second kappa shape index (κ2) is 5.54. The summed E-state index contributed by atoms with van der Waals surface area (Å²) in [5.74, 6) is 0.856. The molecule has 1 fully saturated rings. The van der Waals surface area contributed by atoms with Gasteiger partial charge in [0.25, 0.3) is 0 Å². The van der Waals surface area contributed by atoms with Gasteiger partial charge in [0.15, 0.2) is 0 Å². The quantitative estimate of drug-likeness (QED) is 0.804. The smallest absolute Gasteiger partial charge is 0.223 e. The summed E-state index contributed by atoms with van der Waals surface area (Å²) in [5, 5.41) is 11.8. The van der Waals surface area contributed by atoms with E-state index in [2.05, 4.69) is 5.32 Å². The van der Waals surface area contributed by atoms with Crippen LogP contribution >= 0.6 is 0 Å². The summed E-state index contributed by atoms with van der Waals surface area (Å²) in [6.07, 6.45) is 0.921. The van der Waals surface area contributed by atoms with Crippen LogP contribution in [0.25, 0.3) is 0 Å². The first-order valence-corrected chi connectivity index (χ1v) is 5.73. The van der Waals surface area contributed by atoms with Crippen LogP contribution in [0.15, 0.2) is 24.3 Å². The Morgan fingerprint density at radius 2 is 1.88 bits per heavy atom. The predicted molar refractivity (Wildman–Crippen MR) is 64.4 cm³/mol. The average Bonchev–Trinajstić information content (AvgIpc) is 3.12. The molecule has 1 aliphatic carbocycles. The molecule has 2 unspecified atom stereocenters. The Labute approximate surface area is 96.5 Å². The predicted octanol–water partition coefficient (Wildman–Crippen LogP) is 2.27. The van der Waals surface area contributed by atoms with Gasteiger partial charge in [0.1, 0.15) is 5.75 Å². The molecule has 1 amide bonds. The topological polar surface area (TPSA) is 49.3 Å². The zero-order chi connectivity index (χ0) is 12.1. The summed E-state index contributed by atoms with van der Waals surface area (Å²) >= 11 is 0. The summed E-state index contributed by atoms with van der Waals surface area (Å²) in [7, 11) is 1.66. The molecule has 0 spiro atoms. The van der Waals surface area contributed by atoms with Crippen molar-refractivity contribution in [2.45, 2.75) is 26.2 Å². The second-order valence-corrected chi connectivity index (χ2v) is 3.65. The summed E-state index contributed by atoms with van der Waals surface area (Å²) in [5.41, 5.74) is 1.14. The lowest BCUT2D eigenvalue weighted by molar-refractivity contribution is -0.121. The summed E-state index contributed by atoms with van der Waals surface area (Å²) in [4.78, 5) is 11.3. The Bertz CT molecular complexity index is 345. The van der Waals surface area contributed by atoms with Crippen LogP contribution in [0.5, 0.6) is 5.75 Å². The van der Waals surface area contributed by atoms with Gasteiger partial charge in [-0.1, -0.05) is 26.0 Å². The standard InChI is InChI=1S/C11H13NO2.C2H6/c1-12-11(14)10-6-9(10)7-2-4-8(13)5-3-7;1-2/h2-5,9-10,13H,6H2,1H3,(H,12,14);1-2H3. The molecule has 1 aromatic rings. The van der Waals surface area contributed by atoms with Crippen molar-refractivity contribution >= 4 is 5.91 Å². The van der Waals surface area contributed by atoms with Gasteiger partial charge in [-0.2, -0.15) is 0 Å². The Balaban J connectivity index is 0.000000606. The fourth-order valence-electron chi connectivity index (χ4n) is 1.76. The maximum absolute atomic E-state index is 11.3. The van der Waals surface area contributed by atoms with E-state index in [9.17, 15) is 4.79 Å².